The summed E-state index contributed by atoms with van der Waals surface area (Å²) < 4.78 is 10.3. The van der Waals surface area contributed by atoms with E-state index in [1.54, 1.807) is 0 Å². The second-order valence-corrected chi connectivity index (χ2v) is 5.29. The first kappa shape index (κ1) is 14.0. The fourth-order valence-corrected chi connectivity index (χ4v) is 2.71. The summed E-state index contributed by atoms with van der Waals surface area (Å²) >= 11 is 0. The van der Waals surface area contributed by atoms with E-state index < -0.39 is 6.04 Å². The summed E-state index contributed by atoms with van der Waals surface area (Å²) in [5.41, 5.74) is 0.924. The van der Waals surface area contributed by atoms with Crippen molar-refractivity contribution in [2.45, 2.75) is 18.5 Å². The molecule has 1 saturated heterocycles. The third-order valence-electron chi connectivity index (χ3n) is 3.88. The SMILES string of the molecule is COC(=O)[C@H](N[C@H]1CCOC1)c1ccc2ccccc2c1. The maximum atomic E-state index is 12.1. The van der Waals surface area contributed by atoms with Crippen LogP contribution in [0.5, 0.6) is 0 Å². The molecule has 0 spiro atoms. The summed E-state index contributed by atoms with van der Waals surface area (Å²) in [6.45, 7) is 1.38. The lowest BCUT2D eigenvalue weighted by atomic mass is 10.0. The quantitative estimate of drug-likeness (QED) is 0.877. The molecule has 1 heterocycles. The number of rotatable bonds is 4. The highest BCUT2D eigenvalue weighted by atomic mass is 16.5. The fraction of sp³-hybridized carbons (Fsp3) is 0.353. The number of ether oxygens (including phenoxy) is 2. The highest BCUT2D eigenvalue weighted by Gasteiger charge is 2.26. The van der Waals surface area contributed by atoms with Gasteiger partial charge in [0.25, 0.3) is 0 Å². The molecule has 4 heteroatoms. The van der Waals surface area contributed by atoms with Crippen LogP contribution in [0.1, 0.15) is 18.0 Å². The van der Waals surface area contributed by atoms with Crippen LogP contribution in [-0.4, -0.2) is 32.3 Å². The van der Waals surface area contributed by atoms with Crippen molar-refractivity contribution in [1.82, 2.24) is 5.32 Å². The molecule has 21 heavy (non-hydrogen) atoms. The zero-order chi connectivity index (χ0) is 14.7. The normalized spacial score (nSPS) is 19.6. The molecule has 0 saturated carbocycles. The molecule has 0 aromatic heterocycles. The van der Waals surface area contributed by atoms with Gasteiger partial charge in [0.05, 0.1) is 13.7 Å². The Morgan fingerprint density at radius 2 is 2.10 bits per heavy atom. The number of hydrogen-bond donors (Lipinski definition) is 1. The van der Waals surface area contributed by atoms with Crippen molar-refractivity contribution in [3.8, 4) is 0 Å². The van der Waals surface area contributed by atoms with Crippen molar-refractivity contribution < 1.29 is 14.3 Å². The number of methoxy groups -OCH3 is 1. The van der Waals surface area contributed by atoms with Crippen LogP contribution in [0.15, 0.2) is 42.5 Å². The molecule has 2 atom stereocenters. The summed E-state index contributed by atoms with van der Waals surface area (Å²) in [6, 6.07) is 13.9. The van der Waals surface area contributed by atoms with E-state index in [0.717, 1.165) is 29.4 Å². The first-order valence-electron chi connectivity index (χ1n) is 7.18. The van der Waals surface area contributed by atoms with Crippen molar-refractivity contribution >= 4 is 16.7 Å². The second-order valence-electron chi connectivity index (χ2n) is 5.29. The average molecular weight is 285 g/mol. The Hall–Kier alpha value is -1.91. The van der Waals surface area contributed by atoms with Crippen LogP contribution in [0.3, 0.4) is 0 Å². The van der Waals surface area contributed by atoms with Crippen LogP contribution >= 0.6 is 0 Å². The minimum atomic E-state index is -0.452. The first-order valence-corrected chi connectivity index (χ1v) is 7.18. The van der Waals surface area contributed by atoms with E-state index in [1.165, 1.54) is 7.11 Å². The summed E-state index contributed by atoms with van der Waals surface area (Å²) in [4.78, 5) is 12.1. The minimum absolute atomic E-state index is 0.195. The van der Waals surface area contributed by atoms with E-state index in [1.807, 2.05) is 36.4 Å². The zero-order valence-electron chi connectivity index (χ0n) is 12.0. The number of fused-ring (bicyclic) bond motifs is 1. The van der Waals surface area contributed by atoms with Crippen LogP contribution in [0.2, 0.25) is 0 Å². The van der Waals surface area contributed by atoms with Gasteiger partial charge in [-0.2, -0.15) is 0 Å². The lowest BCUT2D eigenvalue weighted by Crippen LogP contribution is -2.38. The Kier molecular flexibility index (Phi) is 4.18. The Morgan fingerprint density at radius 1 is 1.29 bits per heavy atom. The summed E-state index contributed by atoms with van der Waals surface area (Å²) in [5.74, 6) is -0.266. The van der Waals surface area contributed by atoms with E-state index >= 15 is 0 Å². The predicted molar refractivity (Wildman–Crippen MR) is 81.1 cm³/mol. The first-order chi connectivity index (χ1) is 10.3. The van der Waals surface area contributed by atoms with Crippen LogP contribution in [0.4, 0.5) is 0 Å². The lowest BCUT2D eigenvalue weighted by Gasteiger charge is -2.21. The molecule has 0 amide bonds. The highest BCUT2D eigenvalue weighted by molar-refractivity contribution is 5.85. The number of esters is 1. The van der Waals surface area contributed by atoms with Gasteiger partial charge in [-0.1, -0.05) is 36.4 Å². The van der Waals surface area contributed by atoms with E-state index in [9.17, 15) is 4.79 Å². The monoisotopic (exact) mass is 285 g/mol. The minimum Gasteiger partial charge on any atom is -0.468 e. The molecule has 110 valence electrons. The number of nitrogens with one attached hydrogen (secondary N) is 1. The molecule has 4 nitrogen and oxygen atoms in total. The topological polar surface area (TPSA) is 47.6 Å². The van der Waals surface area contributed by atoms with Crippen molar-refractivity contribution in [2.24, 2.45) is 0 Å². The fourth-order valence-electron chi connectivity index (χ4n) is 2.71. The van der Waals surface area contributed by atoms with Gasteiger partial charge >= 0.3 is 5.97 Å². The van der Waals surface area contributed by atoms with Gasteiger partial charge in [0.2, 0.25) is 0 Å². The smallest absolute Gasteiger partial charge is 0.327 e. The van der Waals surface area contributed by atoms with Gasteiger partial charge in [-0.15, -0.1) is 0 Å². The molecule has 2 aromatic carbocycles. The predicted octanol–water partition coefficient (Wildman–Crippen LogP) is 2.43. The number of carbonyl (C=O) groups is 1. The molecular formula is C17H19NO3. The zero-order valence-corrected chi connectivity index (χ0v) is 12.0. The van der Waals surface area contributed by atoms with Crippen LogP contribution in [-0.2, 0) is 14.3 Å². The maximum Gasteiger partial charge on any atom is 0.327 e. The molecule has 1 aliphatic heterocycles. The van der Waals surface area contributed by atoms with Crippen molar-refractivity contribution in [3.05, 3.63) is 48.0 Å². The molecule has 3 rings (SSSR count). The molecule has 1 fully saturated rings. The van der Waals surface area contributed by atoms with Gasteiger partial charge in [0.15, 0.2) is 0 Å². The van der Waals surface area contributed by atoms with Gasteiger partial charge < -0.3 is 9.47 Å². The maximum absolute atomic E-state index is 12.1. The molecule has 0 aliphatic carbocycles. The van der Waals surface area contributed by atoms with Gasteiger partial charge in [-0.05, 0) is 28.8 Å². The van der Waals surface area contributed by atoms with Gasteiger partial charge in [-0.3, -0.25) is 5.32 Å². The molecule has 0 radical (unpaired) electrons. The van der Waals surface area contributed by atoms with Crippen molar-refractivity contribution in [3.63, 3.8) is 0 Å². The molecule has 0 unspecified atom stereocenters. The molecular weight excluding hydrogens is 266 g/mol. The summed E-state index contributed by atoms with van der Waals surface area (Å²) in [6.07, 6.45) is 0.918. The third-order valence-corrected chi connectivity index (χ3v) is 3.88. The standard InChI is InChI=1S/C17H19NO3/c1-20-17(19)16(18-15-8-9-21-11-15)14-7-6-12-4-2-3-5-13(12)10-14/h2-7,10,15-16,18H,8-9,11H2,1H3/t15-,16+/m0/s1. The Bertz CT molecular complexity index is 635. The number of benzene rings is 2. The van der Waals surface area contributed by atoms with Crippen LogP contribution in [0.25, 0.3) is 10.8 Å². The van der Waals surface area contributed by atoms with Crippen LogP contribution < -0.4 is 5.32 Å². The van der Waals surface area contributed by atoms with Gasteiger partial charge in [0, 0.05) is 12.6 Å². The Balaban J connectivity index is 1.90. The highest BCUT2D eigenvalue weighted by Crippen LogP contribution is 2.22. The van der Waals surface area contributed by atoms with Crippen molar-refractivity contribution in [2.75, 3.05) is 20.3 Å². The summed E-state index contributed by atoms with van der Waals surface area (Å²) in [7, 11) is 1.42. The lowest BCUT2D eigenvalue weighted by molar-refractivity contribution is -0.143. The molecule has 0 bridgehead atoms. The molecule has 1 aliphatic rings. The average Bonchev–Trinajstić information content (AvgIpc) is 3.04. The van der Waals surface area contributed by atoms with E-state index in [4.69, 9.17) is 9.47 Å². The third kappa shape index (κ3) is 3.06. The Morgan fingerprint density at radius 3 is 2.81 bits per heavy atom. The van der Waals surface area contributed by atoms with Crippen molar-refractivity contribution in [1.29, 1.82) is 0 Å². The molecule has 1 N–H and O–H groups in total. The summed E-state index contributed by atoms with van der Waals surface area (Å²) in [5, 5.41) is 5.63. The Labute approximate surface area is 124 Å². The van der Waals surface area contributed by atoms with E-state index in [2.05, 4.69) is 11.4 Å². The van der Waals surface area contributed by atoms with Gasteiger partial charge in [0.1, 0.15) is 6.04 Å². The van der Waals surface area contributed by atoms with Gasteiger partial charge in [-0.25, -0.2) is 4.79 Å². The number of hydrogen-bond acceptors (Lipinski definition) is 4. The van der Waals surface area contributed by atoms with E-state index in [0.29, 0.717) is 6.61 Å². The molecule has 2 aromatic rings. The second kappa shape index (κ2) is 6.24. The van der Waals surface area contributed by atoms with Crippen LogP contribution in [0, 0.1) is 0 Å². The largest absolute Gasteiger partial charge is 0.468 e. The van der Waals surface area contributed by atoms with E-state index in [-0.39, 0.29) is 12.0 Å². The number of carbonyl (C=O) groups excluding carboxylic acids is 1.